The summed E-state index contributed by atoms with van der Waals surface area (Å²) in [6.07, 6.45) is 1.63. The summed E-state index contributed by atoms with van der Waals surface area (Å²) in [6, 6.07) is 5.68. The molecule has 1 aromatic carbocycles. The normalized spacial score (nSPS) is 10.9. The van der Waals surface area contributed by atoms with Crippen LogP contribution in [0.3, 0.4) is 0 Å². The number of methoxy groups -OCH3 is 1. The minimum atomic E-state index is -0.0904. The molecule has 0 radical (unpaired) electrons. The lowest BCUT2D eigenvalue weighted by atomic mass is 10.1. The number of hydrazone groups is 1. The van der Waals surface area contributed by atoms with Crippen LogP contribution < -0.4 is 10.2 Å². The van der Waals surface area contributed by atoms with Crippen molar-refractivity contribution in [2.24, 2.45) is 11.0 Å². The van der Waals surface area contributed by atoms with Crippen molar-refractivity contribution >= 4 is 12.1 Å². The van der Waals surface area contributed by atoms with E-state index in [1.165, 1.54) is 0 Å². The lowest BCUT2D eigenvalue weighted by Gasteiger charge is -2.04. The molecule has 0 saturated heterocycles. The topological polar surface area (TPSA) is 50.7 Å². The van der Waals surface area contributed by atoms with Crippen LogP contribution in [-0.2, 0) is 4.79 Å². The molecule has 0 saturated carbocycles. The molecule has 0 aliphatic heterocycles. The number of carbonyl (C=O) groups excluding carboxylic acids is 1. The Bertz CT molecular complexity index is 425. The van der Waals surface area contributed by atoms with E-state index in [2.05, 4.69) is 10.5 Å². The largest absolute Gasteiger partial charge is 0.497 e. The highest BCUT2D eigenvalue weighted by molar-refractivity contribution is 5.84. The fraction of sp³-hybridized carbons (Fsp3) is 0.385. The van der Waals surface area contributed by atoms with Gasteiger partial charge in [-0.15, -0.1) is 0 Å². The van der Waals surface area contributed by atoms with E-state index in [0.717, 1.165) is 16.9 Å². The molecule has 4 heteroatoms. The molecule has 0 aliphatic carbocycles. The number of hydrogen-bond acceptors (Lipinski definition) is 3. The van der Waals surface area contributed by atoms with E-state index >= 15 is 0 Å². The molecular weight excluding hydrogens is 216 g/mol. The number of rotatable bonds is 4. The molecule has 1 amide bonds. The maximum absolute atomic E-state index is 11.3. The number of aryl methyl sites for hydroxylation is 1. The first kappa shape index (κ1) is 13.2. The second-order valence-corrected chi connectivity index (χ2v) is 4.11. The van der Waals surface area contributed by atoms with Crippen LogP contribution in [0.25, 0.3) is 0 Å². The predicted molar refractivity (Wildman–Crippen MR) is 68.3 cm³/mol. The molecule has 0 spiro atoms. The van der Waals surface area contributed by atoms with Gasteiger partial charge in [-0.3, -0.25) is 4.79 Å². The Morgan fingerprint density at radius 1 is 1.47 bits per heavy atom. The maximum atomic E-state index is 11.3. The third-order valence-corrected chi connectivity index (χ3v) is 2.38. The van der Waals surface area contributed by atoms with E-state index in [4.69, 9.17) is 4.74 Å². The molecule has 0 fully saturated rings. The van der Waals surface area contributed by atoms with Crippen LogP contribution >= 0.6 is 0 Å². The quantitative estimate of drug-likeness (QED) is 0.640. The molecular formula is C13H18N2O2. The number of carbonyl (C=O) groups is 1. The van der Waals surface area contributed by atoms with Gasteiger partial charge in [0.05, 0.1) is 13.3 Å². The lowest BCUT2D eigenvalue weighted by Crippen LogP contribution is -2.22. The van der Waals surface area contributed by atoms with Gasteiger partial charge in [-0.05, 0) is 36.2 Å². The number of nitrogens with one attached hydrogen (secondary N) is 1. The molecule has 1 N–H and O–H groups in total. The first-order valence-electron chi connectivity index (χ1n) is 5.52. The summed E-state index contributed by atoms with van der Waals surface area (Å²) in [5, 5.41) is 3.91. The summed E-state index contributed by atoms with van der Waals surface area (Å²) in [5.74, 6) is 0.655. The molecule has 0 unspecified atom stereocenters. The van der Waals surface area contributed by atoms with Crippen LogP contribution in [0.5, 0.6) is 5.75 Å². The minimum Gasteiger partial charge on any atom is -0.497 e. The van der Waals surface area contributed by atoms with Gasteiger partial charge in [0, 0.05) is 5.92 Å². The average Bonchev–Trinajstić information content (AvgIpc) is 2.30. The third kappa shape index (κ3) is 3.90. The number of hydrogen-bond donors (Lipinski definition) is 1. The van der Waals surface area contributed by atoms with Crippen LogP contribution in [0.15, 0.2) is 23.3 Å². The Hall–Kier alpha value is -1.84. The fourth-order valence-electron chi connectivity index (χ4n) is 1.21. The van der Waals surface area contributed by atoms with E-state index in [-0.39, 0.29) is 11.8 Å². The minimum absolute atomic E-state index is 0.0656. The second kappa shape index (κ2) is 6.03. The van der Waals surface area contributed by atoms with Crippen molar-refractivity contribution in [1.29, 1.82) is 0 Å². The summed E-state index contributed by atoms with van der Waals surface area (Å²) in [5.41, 5.74) is 4.49. The van der Waals surface area contributed by atoms with Crippen LogP contribution in [0.2, 0.25) is 0 Å². The molecule has 0 aromatic heterocycles. The Balaban J connectivity index is 2.69. The van der Waals surface area contributed by atoms with Gasteiger partial charge >= 0.3 is 0 Å². The molecule has 0 heterocycles. The van der Waals surface area contributed by atoms with Gasteiger partial charge < -0.3 is 4.74 Å². The van der Waals surface area contributed by atoms with Crippen molar-refractivity contribution in [3.63, 3.8) is 0 Å². The molecule has 4 nitrogen and oxygen atoms in total. The van der Waals surface area contributed by atoms with Gasteiger partial charge in [0.1, 0.15) is 5.75 Å². The van der Waals surface area contributed by atoms with Crippen molar-refractivity contribution < 1.29 is 9.53 Å². The van der Waals surface area contributed by atoms with Crippen LogP contribution in [0.1, 0.15) is 25.0 Å². The predicted octanol–water partition coefficient (Wildman–Crippen LogP) is 2.11. The SMILES string of the molecule is COc1ccc(C=NNC(=O)C(C)C)c(C)c1. The van der Waals surface area contributed by atoms with E-state index in [1.807, 2.05) is 39.0 Å². The van der Waals surface area contributed by atoms with Gasteiger partial charge in [-0.1, -0.05) is 13.8 Å². The van der Waals surface area contributed by atoms with E-state index < -0.39 is 0 Å². The Morgan fingerprint density at radius 3 is 2.71 bits per heavy atom. The van der Waals surface area contributed by atoms with Crippen LogP contribution in [0.4, 0.5) is 0 Å². The van der Waals surface area contributed by atoms with Crippen LogP contribution in [-0.4, -0.2) is 19.2 Å². The average molecular weight is 234 g/mol. The summed E-state index contributed by atoms with van der Waals surface area (Å²) in [7, 11) is 1.63. The monoisotopic (exact) mass is 234 g/mol. The highest BCUT2D eigenvalue weighted by Crippen LogP contribution is 2.15. The number of nitrogens with zero attached hydrogens (tertiary/aromatic N) is 1. The zero-order valence-corrected chi connectivity index (χ0v) is 10.7. The Kier molecular flexibility index (Phi) is 4.69. The van der Waals surface area contributed by atoms with Crippen molar-refractivity contribution in [2.45, 2.75) is 20.8 Å². The molecule has 1 aromatic rings. The summed E-state index contributed by atoms with van der Waals surface area (Å²) in [4.78, 5) is 11.3. The standard InChI is InChI=1S/C13H18N2O2/c1-9(2)13(16)15-14-8-11-5-6-12(17-4)7-10(11)3/h5-9H,1-4H3,(H,15,16). The van der Waals surface area contributed by atoms with Gasteiger partial charge in [0.25, 0.3) is 0 Å². The van der Waals surface area contributed by atoms with Gasteiger partial charge in [-0.2, -0.15) is 5.10 Å². The molecule has 0 atom stereocenters. The van der Waals surface area contributed by atoms with Crippen molar-refractivity contribution in [3.8, 4) is 5.75 Å². The van der Waals surface area contributed by atoms with E-state index in [9.17, 15) is 4.79 Å². The zero-order valence-electron chi connectivity index (χ0n) is 10.7. The smallest absolute Gasteiger partial charge is 0.242 e. The van der Waals surface area contributed by atoms with Gasteiger partial charge in [0.2, 0.25) is 5.91 Å². The summed E-state index contributed by atoms with van der Waals surface area (Å²) in [6.45, 7) is 5.61. The highest BCUT2D eigenvalue weighted by Gasteiger charge is 2.04. The van der Waals surface area contributed by atoms with E-state index in [0.29, 0.717) is 0 Å². The Labute approximate surface area is 102 Å². The second-order valence-electron chi connectivity index (χ2n) is 4.11. The first-order valence-corrected chi connectivity index (χ1v) is 5.52. The van der Waals surface area contributed by atoms with Crippen LogP contribution in [0, 0.1) is 12.8 Å². The fourth-order valence-corrected chi connectivity index (χ4v) is 1.21. The van der Waals surface area contributed by atoms with Gasteiger partial charge in [-0.25, -0.2) is 5.43 Å². The van der Waals surface area contributed by atoms with Gasteiger partial charge in [0.15, 0.2) is 0 Å². The maximum Gasteiger partial charge on any atom is 0.242 e. The zero-order chi connectivity index (χ0) is 12.8. The summed E-state index contributed by atoms with van der Waals surface area (Å²) >= 11 is 0. The number of amides is 1. The third-order valence-electron chi connectivity index (χ3n) is 2.38. The summed E-state index contributed by atoms with van der Waals surface area (Å²) < 4.78 is 5.11. The molecule has 92 valence electrons. The van der Waals surface area contributed by atoms with Crippen molar-refractivity contribution in [3.05, 3.63) is 29.3 Å². The molecule has 1 rings (SSSR count). The van der Waals surface area contributed by atoms with E-state index in [1.54, 1.807) is 13.3 Å². The Morgan fingerprint density at radius 2 is 2.18 bits per heavy atom. The van der Waals surface area contributed by atoms with Crippen molar-refractivity contribution in [2.75, 3.05) is 7.11 Å². The number of ether oxygens (including phenoxy) is 1. The lowest BCUT2D eigenvalue weighted by molar-refractivity contribution is -0.123. The molecule has 0 bridgehead atoms. The highest BCUT2D eigenvalue weighted by atomic mass is 16.5. The first-order chi connectivity index (χ1) is 8.04. The number of benzene rings is 1. The van der Waals surface area contributed by atoms with Crippen molar-refractivity contribution in [1.82, 2.24) is 5.43 Å². The molecule has 0 aliphatic rings. The molecule has 17 heavy (non-hydrogen) atoms.